The van der Waals surface area contributed by atoms with Crippen LogP contribution in [0.3, 0.4) is 0 Å². The van der Waals surface area contributed by atoms with Crippen molar-refractivity contribution >= 4 is 16.2 Å². The molecule has 3 N–H and O–H groups in total. The van der Waals surface area contributed by atoms with Crippen LogP contribution in [0.5, 0.6) is 0 Å². The van der Waals surface area contributed by atoms with Gasteiger partial charge in [0, 0.05) is 31.5 Å². The fourth-order valence-corrected chi connectivity index (χ4v) is 2.80. The molecule has 0 aromatic carbocycles. The minimum absolute atomic E-state index is 0.0855. The first-order valence-electron chi connectivity index (χ1n) is 5.38. The molecule has 0 spiro atoms. The van der Waals surface area contributed by atoms with Crippen molar-refractivity contribution in [2.75, 3.05) is 17.8 Å². The van der Waals surface area contributed by atoms with Crippen LogP contribution in [-0.4, -0.2) is 41.8 Å². The Bertz CT molecular complexity index is 456. The molecule has 0 radical (unpaired) electrons. The zero-order valence-corrected chi connectivity index (χ0v) is 10.1. The van der Waals surface area contributed by atoms with Gasteiger partial charge in [-0.2, -0.15) is 12.7 Å². The molecule has 7 nitrogen and oxygen atoms in total. The SMILES string of the molecule is NC1CCN(S(=O)(=O)Nc2ncccn2)CC1. The van der Waals surface area contributed by atoms with Gasteiger partial charge in [-0.1, -0.05) is 0 Å². The van der Waals surface area contributed by atoms with Crippen LogP contribution in [0.1, 0.15) is 12.8 Å². The van der Waals surface area contributed by atoms with Gasteiger partial charge in [-0.25, -0.2) is 14.7 Å². The van der Waals surface area contributed by atoms with E-state index in [1.54, 1.807) is 6.07 Å². The van der Waals surface area contributed by atoms with Crippen molar-refractivity contribution in [3.05, 3.63) is 18.5 Å². The highest BCUT2D eigenvalue weighted by molar-refractivity contribution is 7.90. The van der Waals surface area contributed by atoms with Crippen molar-refractivity contribution in [1.82, 2.24) is 14.3 Å². The third-order valence-corrected chi connectivity index (χ3v) is 4.11. The molecule has 1 aliphatic heterocycles. The van der Waals surface area contributed by atoms with E-state index in [4.69, 9.17) is 5.73 Å². The second kappa shape index (κ2) is 4.94. The maximum absolute atomic E-state index is 12.0. The number of nitrogens with one attached hydrogen (secondary N) is 1. The predicted molar refractivity (Wildman–Crippen MR) is 63.4 cm³/mol. The normalized spacial score (nSPS) is 19.1. The number of hydrogen-bond donors (Lipinski definition) is 2. The summed E-state index contributed by atoms with van der Waals surface area (Å²) < 4.78 is 27.6. The molecule has 1 aliphatic rings. The molecule has 1 aromatic heterocycles. The van der Waals surface area contributed by atoms with Crippen LogP contribution in [-0.2, 0) is 10.2 Å². The third-order valence-electron chi connectivity index (χ3n) is 2.62. The molecule has 1 aromatic rings. The standard InChI is InChI=1S/C9H15N5O2S/c10-8-2-6-14(7-3-8)17(15,16)13-9-11-4-1-5-12-9/h1,4-5,8H,2-3,6-7,10H2,(H,11,12,13). The van der Waals surface area contributed by atoms with Crippen molar-refractivity contribution in [1.29, 1.82) is 0 Å². The zero-order valence-electron chi connectivity index (χ0n) is 9.28. The van der Waals surface area contributed by atoms with Gasteiger partial charge >= 0.3 is 10.2 Å². The molecular formula is C9H15N5O2S. The van der Waals surface area contributed by atoms with Crippen molar-refractivity contribution in [2.24, 2.45) is 5.73 Å². The molecule has 0 atom stereocenters. The Labute approximate surface area is 100 Å². The second-order valence-corrected chi connectivity index (χ2v) is 5.59. The van der Waals surface area contributed by atoms with E-state index in [2.05, 4.69) is 14.7 Å². The van der Waals surface area contributed by atoms with Crippen LogP contribution < -0.4 is 10.5 Å². The summed E-state index contributed by atoms with van der Waals surface area (Å²) in [6.45, 7) is 0.868. The monoisotopic (exact) mass is 257 g/mol. The largest absolute Gasteiger partial charge is 0.328 e. The predicted octanol–water partition coefficient (Wildman–Crippen LogP) is -0.444. The first-order chi connectivity index (χ1) is 8.08. The molecule has 0 saturated carbocycles. The first-order valence-corrected chi connectivity index (χ1v) is 6.82. The second-order valence-electron chi connectivity index (χ2n) is 3.92. The Kier molecular flexibility index (Phi) is 3.55. The summed E-state index contributed by atoms with van der Waals surface area (Å²) in [5, 5.41) is 0. The maximum atomic E-state index is 12.0. The van der Waals surface area contributed by atoms with Crippen LogP contribution in [0.4, 0.5) is 5.95 Å². The average Bonchev–Trinajstić information content (AvgIpc) is 2.30. The number of hydrogen-bond acceptors (Lipinski definition) is 5. The number of nitrogens with two attached hydrogens (primary N) is 1. The van der Waals surface area contributed by atoms with Gasteiger partial charge in [0.1, 0.15) is 0 Å². The molecule has 94 valence electrons. The minimum atomic E-state index is -3.56. The Morgan fingerprint density at radius 3 is 2.47 bits per heavy atom. The molecule has 1 fully saturated rings. The molecule has 0 amide bonds. The molecule has 0 aliphatic carbocycles. The molecule has 2 rings (SSSR count). The highest BCUT2D eigenvalue weighted by Crippen LogP contribution is 2.13. The lowest BCUT2D eigenvalue weighted by molar-refractivity contribution is 0.321. The number of aromatic nitrogens is 2. The molecular weight excluding hydrogens is 242 g/mol. The quantitative estimate of drug-likeness (QED) is 0.764. The van der Waals surface area contributed by atoms with Gasteiger partial charge in [-0.05, 0) is 18.9 Å². The van der Waals surface area contributed by atoms with E-state index in [9.17, 15) is 8.42 Å². The minimum Gasteiger partial charge on any atom is -0.328 e. The van der Waals surface area contributed by atoms with Crippen molar-refractivity contribution < 1.29 is 8.42 Å². The zero-order chi connectivity index (χ0) is 12.3. The molecule has 0 unspecified atom stereocenters. The summed E-state index contributed by atoms with van der Waals surface area (Å²) in [5.74, 6) is 0.0855. The average molecular weight is 257 g/mol. The number of nitrogens with zero attached hydrogens (tertiary/aromatic N) is 3. The summed E-state index contributed by atoms with van der Waals surface area (Å²) in [7, 11) is -3.56. The number of piperidine rings is 1. The van der Waals surface area contributed by atoms with Crippen LogP contribution in [0.15, 0.2) is 18.5 Å². The van der Waals surface area contributed by atoms with Gasteiger partial charge in [-0.15, -0.1) is 0 Å². The number of anilines is 1. The molecule has 17 heavy (non-hydrogen) atoms. The third kappa shape index (κ3) is 3.11. The molecule has 0 bridgehead atoms. The topological polar surface area (TPSA) is 101 Å². The molecule has 1 saturated heterocycles. The van der Waals surface area contributed by atoms with Gasteiger partial charge in [0.2, 0.25) is 5.95 Å². The summed E-state index contributed by atoms with van der Waals surface area (Å²) in [4.78, 5) is 7.64. The maximum Gasteiger partial charge on any atom is 0.303 e. The van der Waals surface area contributed by atoms with Crippen LogP contribution in [0, 0.1) is 0 Å². The van der Waals surface area contributed by atoms with E-state index in [0.29, 0.717) is 25.9 Å². The highest BCUT2D eigenvalue weighted by atomic mass is 32.2. The lowest BCUT2D eigenvalue weighted by Crippen LogP contribution is -2.45. The van der Waals surface area contributed by atoms with Crippen LogP contribution in [0.2, 0.25) is 0 Å². The van der Waals surface area contributed by atoms with E-state index in [0.717, 1.165) is 0 Å². The van der Waals surface area contributed by atoms with Gasteiger partial charge in [-0.3, -0.25) is 0 Å². The Morgan fingerprint density at radius 2 is 1.88 bits per heavy atom. The van der Waals surface area contributed by atoms with Crippen molar-refractivity contribution in [3.63, 3.8) is 0 Å². The van der Waals surface area contributed by atoms with E-state index in [1.807, 2.05) is 0 Å². The summed E-state index contributed by atoms with van der Waals surface area (Å²) in [6.07, 6.45) is 4.32. The van der Waals surface area contributed by atoms with E-state index in [-0.39, 0.29) is 12.0 Å². The Morgan fingerprint density at radius 1 is 1.29 bits per heavy atom. The smallest absolute Gasteiger partial charge is 0.303 e. The van der Waals surface area contributed by atoms with E-state index in [1.165, 1.54) is 16.7 Å². The number of rotatable bonds is 3. The summed E-state index contributed by atoms with van der Waals surface area (Å²) in [5.41, 5.74) is 5.73. The lowest BCUT2D eigenvalue weighted by Gasteiger charge is -2.28. The van der Waals surface area contributed by atoms with Crippen molar-refractivity contribution in [2.45, 2.75) is 18.9 Å². The fourth-order valence-electron chi connectivity index (χ4n) is 1.65. The highest BCUT2D eigenvalue weighted by Gasteiger charge is 2.26. The van der Waals surface area contributed by atoms with E-state index < -0.39 is 10.2 Å². The fraction of sp³-hybridized carbons (Fsp3) is 0.556. The van der Waals surface area contributed by atoms with Gasteiger partial charge in [0.15, 0.2) is 0 Å². The Hall–Kier alpha value is -1.25. The first kappa shape index (κ1) is 12.2. The summed E-state index contributed by atoms with van der Waals surface area (Å²) >= 11 is 0. The van der Waals surface area contributed by atoms with E-state index >= 15 is 0 Å². The van der Waals surface area contributed by atoms with Crippen LogP contribution >= 0.6 is 0 Å². The molecule has 8 heteroatoms. The van der Waals surface area contributed by atoms with Gasteiger partial charge in [0.05, 0.1) is 0 Å². The van der Waals surface area contributed by atoms with Crippen LogP contribution in [0.25, 0.3) is 0 Å². The van der Waals surface area contributed by atoms with Gasteiger partial charge < -0.3 is 5.73 Å². The van der Waals surface area contributed by atoms with Gasteiger partial charge in [0.25, 0.3) is 0 Å². The molecule has 2 heterocycles. The summed E-state index contributed by atoms with van der Waals surface area (Å²) in [6, 6.07) is 1.71. The van der Waals surface area contributed by atoms with Crippen molar-refractivity contribution in [3.8, 4) is 0 Å². The Balaban J connectivity index is 2.04. The lowest BCUT2D eigenvalue weighted by atomic mass is 10.1.